The first-order chi connectivity index (χ1) is 16.9. The number of aryl methyl sites for hydroxylation is 1. The number of methoxy groups -OCH3 is 1. The third-order valence-electron chi connectivity index (χ3n) is 6.05. The number of nitrogens with one attached hydrogen (secondary N) is 1. The maximum Gasteiger partial charge on any atom is 0.258 e. The first-order valence-corrected chi connectivity index (χ1v) is 11.9. The van der Waals surface area contributed by atoms with Crippen molar-refractivity contribution >= 4 is 28.9 Å². The first kappa shape index (κ1) is 22.9. The highest BCUT2D eigenvalue weighted by Gasteiger charge is 2.45. The molecule has 1 aromatic carbocycles. The van der Waals surface area contributed by atoms with Crippen molar-refractivity contribution in [1.82, 2.24) is 24.8 Å². The number of amides is 1. The van der Waals surface area contributed by atoms with Crippen LogP contribution in [0.15, 0.2) is 54.2 Å². The van der Waals surface area contributed by atoms with Gasteiger partial charge in [0.2, 0.25) is 5.95 Å². The number of carbonyl (C=O) groups is 1. The molecule has 4 aromatic rings. The molecule has 1 saturated heterocycles. The van der Waals surface area contributed by atoms with Crippen LogP contribution in [0.4, 0.5) is 11.6 Å². The zero-order valence-electron chi connectivity index (χ0n) is 19.5. The largest absolute Gasteiger partial charge is 0.493 e. The molecule has 0 bridgehead atoms. The molecule has 3 aromatic heterocycles. The van der Waals surface area contributed by atoms with Crippen LogP contribution in [0.5, 0.6) is 5.75 Å². The fourth-order valence-electron chi connectivity index (χ4n) is 4.15. The van der Waals surface area contributed by atoms with E-state index in [2.05, 4.69) is 20.3 Å². The summed E-state index contributed by atoms with van der Waals surface area (Å²) in [6.45, 7) is 2.39. The number of hydrogen-bond donors (Lipinski definition) is 2. The van der Waals surface area contributed by atoms with Gasteiger partial charge in [0.05, 0.1) is 24.2 Å². The summed E-state index contributed by atoms with van der Waals surface area (Å²) in [4.78, 5) is 32.0. The van der Waals surface area contributed by atoms with Crippen LogP contribution < -0.4 is 10.1 Å². The Bertz CT molecular complexity index is 1410. The van der Waals surface area contributed by atoms with E-state index in [0.29, 0.717) is 41.6 Å². The number of aromatic nitrogens is 4. The van der Waals surface area contributed by atoms with Gasteiger partial charge in [-0.2, -0.15) is 0 Å². The summed E-state index contributed by atoms with van der Waals surface area (Å²) in [5.74, 6) is 0.761. The zero-order chi connectivity index (χ0) is 24.6. The Hall–Kier alpha value is -3.89. The van der Waals surface area contributed by atoms with Gasteiger partial charge in [-0.3, -0.25) is 9.78 Å². The van der Waals surface area contributed by atoms with E-state index in [1.54, 1.807) is 49.7 Å². The lowest BCUT2D eigenvalue weighted by Crippen LogP contribution is -2.36. The van der Waals surface area contributed by atoms with Crippen LogP contribution in [0.1, 0.15) is 17.7 Å². The van der Waals surface area contributed by atoms with Gasteiger partial charge in [-0.15, -0.1) is 11.3 Å². The Balaban J connectivity index is 1.41. The average Bonchev–Trinajstić information content (AvgIpc) is 3.47. The second-order valence-corrected chi connectivity index (χ2v) is 9.18. The molecular weight excluding hydrogens is 464 g/mol. The van der Waals surface area contributed by atoms with Gasteiger partial charge in [-0.1, -0.05) is 18.2 Å². The lowest BCUT2D eigenvalue weighted by molar-refractivity contribution is -0.143. The van der Waals surface area contributed by atoms with Gasteiger partial charge >= 0.3 is 0 Å². The summed E-state index contributed by atoms with van der Waals surface area (Å²) in [6, 6.07) is 11.0. The van der Waals surface area contributed by atoms with Crippen molar-refractivity contribution in [1.29, 1.82) is 0 Å². The van der Waals surface area contributed by atoms with Gasteiger partial charge in [-0.25, -0.2) is 15.0 Å². The number of nitrogens with zero attached hydrogens (tertiary/aromatic N) is 5. The number of aliphatic hydroxyl groups is 1. The van der Waals surface area contributed by atoms with E-state index in [1.165, 1.54) is 11.3 Å². The van der Waals surface area contributed by atoms with E-state index in [1.807, 2.05) is 30.5 Å². The number of likely N-dealkylation sites (tertiary alicyclic amines) is 1. The Morgan fingerprint density at radius 1 is 1.14 bits per heavy atom. The minimum atomic E-state index is -1.50. The number of rotatable bonds is 6. The van der Waals surface area contributed by atoms with Crippen molar-refractivity contribution in [3.63, 3.8) is 0 Å². The highest BCUT2D eigenvalue weighted by atomic mass is 32.1. The van der Waals surface area contributed by atoms with Crippen LogP contribution >= 0.6 is 11.3 Å². The van der Waals surface area contributed by atoms with E-state index >= 15 is 0 Å². The van der Waals surface area contributed by atoms with Gasteiger partial charge in [0.25, 0.3) is 5.91 Å². The molecule has 5 rings (SSSR count). The average molecular weight is 489 g/mol. The van der Waals surface area contributed by atoms with Crippen LogP contribution in [0, 0.1) is 6.92 Å². The number of carbonyl (C=O) groups excluding carboxylic acids is 1. The molecular formula is C25H24N6O3S. The minimum absolute atomic E-state index is 0.281. The van der Waals surface area contributed by atoms with Crippen molar-refractivity contribution in [2.75, 3.05) is 26.0 Å². The van der Waals surface area contributed by atoms with Crippen molar-refractivity contribution in [2.45, 2.75) is 18.9 Å². The number of likely N-dealkylation sites (N-methyl/N-ethyl adjacent to an activating group) is 1. The summed E-state index contributed by atoms with van der Waals surface area (Å²) >= 11 is 1.47. The quantitative estimate of drug-likeness (QED) is 0.422. The lowest BCUT2D eigenvalue weighted by Gasteiger charge is -2.21. The molecule has 0 spiro atoms. The van der Waals surface area contributed by atoms with Crippen molar-refractivity contribution < 1.29 is 14.6 Å². The Labute approximate surface area is 206 Å². The molecule has 0 radical (unpaired) electrons. The number of benzene rings is 1. The predicted molar refractivity (Wildman–Crippen MR) is 134 cm³/mol. The van der Waals surface area contributed by atoms with Gasteiger partial charge in [0.15, 0.2) is 11.4 Å². The van der Waals surface area contributed by atoms with Crippen molar-refractivity contribution in [2.24, 2.45) is 0 Å². The predicted octanol–water partition coefficient (Wildman–Crippen LogP) is 3.77. The van der Waals surface area contributed by atoms with E-state index in [0.717, 1.165) is 22.0 Å². The molecule has 4 heterocycles. The molecule has 0 saturated carbocycles. The van der Waals surface area contributed by atoms with Crippen molar-refractivity contribution in [3.05, 3.63) is 65.4 Å². The fraction of sp³-hybridized carbons (Fsp3) is 0.240. The molecule has 1 atom stereocenters. The number of ether oxygens (including phenoxy) is 1. The molecule has 35 heavy (non-hydrogen) atoms. The van der Waals surface area contributed by atoms with Crippen LogP contribution in [-0.2, 0) is 10.4 Å². The normalized spacial score (nSPS) is 17.6. The molecule has 0 aliphatic carbocycles. The van der Waals surface area contributed by atoms with E-state index < -0.39 is 5.60 Å². The Morgan fingerprint density at radius 2 is 1.97 bits per heavy atom. The topological polar surface area (TPSA) is 113 Å². The summed E-state index contributed by atoms with van der Waals surface area (Å²) in [7, 11) is 3.30. The second-order valence-electron chi connectivity index (χ2n) is 8.32. The lowest BCUT2D eigenvalue weighted by atomic mass is 9.91. The minimum Gasteiger partial charge on any atom is -0.493 e. The molecule has 1 fully saturated rings. The van der Waals surface area contributed by atoms with E-state index in [9.17, 15) is 9.90 Å². The molecule has 10 heteroatoms. The smallest absolute Gasteiger partial charge is 0.258 e. The number of thiazole rings is 1. The second kappa shape index (κ2) is 9.05. The standard InChI is InChI=1S/C25H24N6O3S/c1-15-21(34-3)19(8-10-26-15)30-24-27-11-7-18(29-24)20-14-35-22(28-20)16-5-4-6-17(13-16)25(33)9-12-31(2)23(25)32/h4-8,10-11,13-14,33H,9,12H2,1-3H3,(H,26,27,29,30)/t25-/m1/s1. The zero-order valence-corrected chi connectivity index (χ0v) is 20.3. The van der Waals surface area contributed by atoms with Crippen LogP contribution in [-0.4, -0.2) is 56.6 Å². The van der Waals surface area contributed by atoms with Crippen LogP contribution in [0.25, 0.3) is 22.0 Å². The van der Waals surface area contributed by atoms with Crippen LogP contribution in [0.3, 0.4) is 0 Å². The SMILES string of the molecule is COc1c(Nc2nccc(-c3csc(-c4cccc([C@]5(O)CCN(C)C5=O)c4)n3)n2)ccnc1C. The third kappa shape index (κ3) is 4.22. The summed E-state index contributed by atoms with van der Waals surface area (Å²) in [5.41, 5.74) is 2.76. The maximum atomic E-state index is 12.5. The molecule has 1 amide bonds. The van der Waals surface area contributed by atoms with Crippen molar-refractivity contribution in [3.8, 4) is 27.7 Å². The first-order valence-electron chi connectivity index (χ1n) is 11.0. The molecule has 1 aliphatic heterocycles. The monoisotopic (exact) mass is 488 g/mol. The fourth-order valence-corrected chi connectivity index (χ4v) is 4.96. The third-order valence-corrected chi connectivity index (χ3v) is 6.94. The molecule has 0 unspecified atom stereocenters. The molecule has 2 N–H and O–H groups in total. The number of pyridine rings is 1. The highest BCUT2D eigenvalue weighted by molar-refractivity contribution is 7.13. The van der Waals surface area contributed by atoms with Gasteiger partial charge in [0.1, 0.15) is 10.7 Å². The summed E-state index contributed by atoms with van der Waals surface area (Å²) in [6.07, 6.45) is 3.73. The molecule has 9 nitrogen and oxygen atoms in total. The Morgan fingerprint density at radius 3 is 2.74 bits per heavy atom. The van der Waals surface area contributed by atoms with Crippen LogP contribution in [0.2, 0.25) is 0 Å². The maximum absolute atomic E-state index is 12.5. The van der Waals surface area contributed by atoms with E-state index in [4.69, 9.17) is 9.72 Å². The molecule has 178 valence electrons. The summed E-state index contributed by atoms with van der Waals surface area (Å²) < 4.78 is 5.45. The Kier molecular flexibility index (Phi) is 5.91. The van der Waals surface area contributed by atoms with E-state index in [-0.39, 0.29) is 5.91 Å². The highest BCUT2D eigenvalue weighted by Crippen LogP contribution is 2.36. The molecule has 1 aliphatic rings. The number of hydrogen-bond acceptors (Lipinski definition) is 9. The summed E-state index contributed by atoms with van der Waals surface area (Å²) in [5, 5.41) is 16.9. The van der Waals surface area contributed by atoms with Gasteiger partial charge in [0, 0.05) is 43.4 Å². The van der Waals surface area contributed by atoms with Gasteiger partial charge < -0.3 is 20.1 Å². The number of anilines is 2. The van der Waals surface area contributed by atoms with Gasteiger partial charge in [-0.05, 0) is 30.7 Å².